The second-order valence-electron chi connectivity index (χ2n) is 6.35. The van der Waals surface area contributed by atoms with Crippen LogP contribution in [0.1, 0.15) is 17.7 Å². The quantitative estimate of drug-likeness (QED) is 0.676. The molecule has 1 aromatic carbocycles. The molecular weight excluding hydrogens is 326 g/mol. The number of urea groups is 1. The Morgan fingerprint density at radius 1 is 1.15 bits per heavy atom. The Balaban J connectivity index is 1.34. The van der Waals surface area contributed by atoms with E-state index in [1.807, 2.05) is 36.4 Å². The Morgan fingerprint density at radius 2 is 2.12 bits per heavy atom. The lowest BCUT2D eigenvalue weighted by molar-refractivity contribution is 0.252. The number of hydrogen-bond acceptors (Lipinski definition) is 4. The van der Waals surface area contributed by atoms with Gasteiger partial charge in [-0.25, -0.2) is 9.78 Å². The van der Waals surface area contributed by atoms with Crippen molar-refractivity contribution in [3.05, 3.63) is 59.9 Å². The maximum Gasteiger partial charge on any atom is 0.319 e. The van der Waals surface area contributed by atoms with Gasteiger partial charge in [0, 0.05) is 36.8 Å². The summed E-state index contributed by atoms with van der Waals surface area (Å²) in [6, 6.07) is 13.4. The number of aryl methyl sites for hydroxylation is 1. The lowest BCUT2D eigenvalue weighted by Crippen LogP contribution is -2.30. The van der Waals surface area contributed by atoms with Gasteiger partial charge < -0.3 is 16.0 Å². The van der Waals surface area contributed by atoms with E-state index in [-0.39, 0.29) is 6.03 Å². The van der Waals surface area contributed by atoms with Gasteiger partial charge in [-0.05, 0) is 48.7 Å². The second-order valence-corrected chi connectivity index (χ2v) is 6.35. The fraction of sp³-hybridized carbons (Fsp3) is 0.250. The minimum absolute atomic E-state index is 0.225. The number of carbonyl (C=O) groups is 1. The second kappa shape index (κ2) is 7.39. The molecule has 26 heavy (non-hydrogen) atoms. The van der Waals surface area contributed by atoms with E-state index in [1.54, 1.807) is 6.20 Å². The standard InChI is InChI=1S/C20H21N5O/c26-20(25-18-7-1-6-17-16(18)5-3-11-21-17)23-13-10-15-9-8-14-4-2-12-22-19(14)24-15/h1,3,5-9,11H,2,4,10,12-13H2,(H,22,24)(H2,23,25,26). The number of carbonyl (C=O) groups excluding carboxylic acids is 1. The number of fused-ring (bicyclic) bond motifs is 2. The van der Waals surface area contributed by atoms with Gasteiger partial charge in [0.15, 0.2) is 0 Å². The summed E-state index contributed by atoms with van der Waals surface area (Å²) in [5, 5.41) is 10.1. The maximum absolute atomic E-state index is 12.2. The van der Waals surface area contributed by atoms with E-state index in [0.29, 0.717) is 13.0 Å². The first-order chi connectivity index (χ1) is 12.8. The van der Waals surface area contributed by atoms with E-state index >= 15 is 0 Å². The fourth-order valence-corrected chi connectivity index (χ4v) is 3.19. The zero-order valence-electron chi connectivity index (χ0n) is 14.5. The third-order valence-corrected chi connectivity index (χ3v) is 4.51. The van der Waals surface area contributed by atoms with Crippen molar-refractivity contribution in [3.8, 4) is 0 Å². The molecule has 2 amide bonds. The highest BCUT2D eigenvalue weighted by Crippen LogP contribution is 2.21. The van der Waals surface area contributed by atoms with Gasteiger partial charge in [0.05, 0.1) is 11.2 Å². The minimum Gasteiger partial charge on any atom is -0.370 e. The van der Waals surface area contributed by atoms with Crippen LogP contribution in [0.5, 0.6) is 0 Å². The van der Waals surface area contributed by atoms with Crippen LogP contribution in [0, 0.1) is 0 Å². The highest BCUT2D eigenvalue weighted by atomic mass is 16.2. The van der Waals surface area contributed by atoms with Crippen molar-refractivity contribution in [2.75, 3.05) is 23.7 Å². The average Bonchev–Trinajstić information content (AvgIpc) is 2.68. The normalized spacial score (nSPS) is 12.9. The largest absolute Gasteiger partial charge is 0.370 e. The van der Waals surface area contributed by atoms with Gasteiger partial charge in [-0.2, -0.15) is 0 Å². The smallest absolute Gasteiger partial charge is 0.319 e. The van der Waals surface area contributed by atoms with Crippen LogP contribution < -0.4 is 16.0 Å². The van der Waals surface area contributed by atoms with Crippen LogP contribution in [0.4, 0.5) is 16.3 Å². The molecule has 4 rings (SSSR count). The van der Waals surface area contributed by atoms with Crippen molar-refractivity contribution in [2.45, 2.75) is 19.3 Å². The van der Waals surface area contributed by atoms with Gasteiger partial charge in [-0.1, -0.05) is 12.1 Å². The first-order valence-corrected chi connectivity index (χ1v) is 8.91. The molecule has 6 heteroatoms. The highest BCUT2D eigenvalue weighted by molar-refractivity contribution is 6.00. The van der Waals surface area contributed by atoms with Crippen LogP contribution in [-0.2, 0) is 12.8 Å². The first kappa shape index (κ1) is 16.3. The molecule has 0 radical (unpaired) electrons. The summed E-state index contributed by atoms with van der Waals surface area (Å²) in [6.07, 6.45) is 4.67. The number of benzene rings is 1. The molecule has 3 aromatic rings. The number of hydrogen-bond donors (Lipinski definition) is 3. The Labute approximate surface area is 152 Å². The topological polar surface area (TPSA) is 78.9 Å². The van der Waals surface area contributed by atoms with Crippen molar-refractivity contribution in [1.82, 2.24) is 15.3 Å². The van der Waals surface area contributed by atoms with Crippen LogP contribution in [-0.4, -0.2) is 29.1 Å². The summed E-state index contributed by atoms with van der Waals surface area (Å²) >= 11 is 0. The molecule has 2 aromatic heterocycles. The van der Waals surface area contributed by atoms with Gasteiger partial charge in [0.1, 0.15) is 5.82 Å². The predicted octanol–water partition coefficient (Wildman–Crippen LogP) is 3.35. The van der Waals surface area contributed by atoms with E-state index in [0.717, 1.165) is 47.5 Å². The Morgan fingerprint density at radius 3 is 3.08 bits per heavy atom. The first-order valence-electron chi connectivity index (χ1n) is 8.91. The SMILES string of the molecule is O=C(NCCc1ccc2c(n1)NCCC2)Nc1cccc2ncccc12. The number of nitrogens with zero attached hydrogens (tertiary/aromatic N) is 2. The molecule has 0 saturated carbocycles. The molecule has 0 fully saturated rings. The van der Waals surface area contributed by atoms with Crippen molar-refractivity contribution >= 4 is 28.4 Å². The van der Waals surface area contributed by atoms with Crippen LogP contribution in [0.15, 0.2) is 48.7 Å². The molecule has 1 aliphatic rings. The number of anilines is 2. The summed E-state index contributed by atoms with van der Waals surface area (Å²) in [4.78, 5) is 21.1. The number of aromatic nitrogens is 2. The monoisotopic (exact) mass is 347 g/mol. The van der Waals surface area contributed by atoms with E-state index in [9.17, 15) is 4.79 Å². The van der Waals surface area contributed by atoms with Crippen molar-refractivity contribution < 1.29 is 4.79 Å². The van der Waals surface area contributed by atoms with Gasteiger partial charge in [-0.15, -0.1) is 0 Å². The molecule has 1 aliphatic heterocycles. The fourth-order valence-electron chi connectivity index (χ4n) is 3.19. The maximum atomic E-state index is 12.2. The Bertz CT molecular complexity index is 935. The van der Waals surface area contributed by atoms with Gasteiger partial charge in [0.25, 0.3) is 0 Å². The van der Waals surface area contributed by atoms with Gasteiger partial charge >= 0.3 is 6.03 Å². The number of nitrogens with one attached hydrogen (secondary N) is 3. The number of rotatable bonds is 4. The highest BCUT2D eigenvalue weighted by Gasteiger charge is 2.10. The summed E-state index contributed by atoms with van der Waals surface area (Å²) in [5.74, 6) is 0.987. The lowest BCUT2D eigenvalue weighted by Gasteiger charge is -2.17. The molecule has 0 atom stereocenters. The summed E-state index contributed by atoms with van der Waals surface area (Å²) in [6.45, 7) is 1.50. The molecule has 0 unspecified atom stereocenters. The van der Waals surface area contributed by atoms with E-state index in [2.05, 4.69) is 32.0 Å². The molecule has 6 nitrogen and oxygen atoms in total. The Kier molecular flexibility index (Phi) is 4.64. The third-order valence-electron chi connectivity index (χ3n) is 4.51. The van der Waals surface area contributed by atoms with Crippen LogP contribution in [0.25, 0.3) is 10.9 Å². The van der Waals surface area contributed by atoms with Crippen molar-refractivity contribution in [2.24, 2.45) is 0 Å². The van der Waals surface area contributed by atoms with Crippen molar-refractivity contribution in [1.29, 1.82) is 0 Å². The van der Waals surface area contributed by atoms with Crippen LogP contribution in [0.3, 0.4) is 0 Å². The van der Waals surface area contributed by atoms with Crippen molar-refractivity contribution in [3.63, 3.8) is 0 Å². The van der Waals surface area contributed by atoms with E-state index in [1.165, 1.54) is 5.56 Å². The lowest BCUT2D eigenvalue weighted by atomic mass is 10.1. The molecular formula is C20H21N5O. The summed E-state index contributed by atoms with van der Waals surface area (Å²) < 4.78 is 0. The molecule has 0 aliphatic carbocycles. The minimum atomic E-state index is -0.225. The average molecular weight is 347 g/mol. The van der Waals surface area contributed by atoms with E-state index < -0.39 is 0 Å². The summed E-state index contributed by atoms with van der Waals surface area (Å²) in [5.41, 5.74) is 3.86. The molecule has 0 saturated heterocycles. The zero-order valence-corrected chi connectivity index (χ0v) is 14.5. The van der Waals surface area contributed by atoms with Gasteiger partial charge in [0.2, 0.25) is 0 Å². The number of pyridine rings is 2. The van der Waals surface area contributed by atoms with Crippen LogP contribution in [0.2, 0.25) is 0 Å². The van der Waals surface area contributed by atoms with Crippen LogP contribution >= 0.6 is 0 Å². The third kappa shape index (κ3) is 3.59. The van der Waals surface area contributed by atoms with Gasteiger partial charge in [-0.3, -0.25) is 4.98 Å². The summed E-state index contributed by atoms with van der Waals surface area (Å²) in [7, 11) is 0. The zero-order chi connectivity index (χ0) is 17.8. The molecule has 0 spiro atoms. The molecule has 3 N–H and O–H groups in total. The Hall–Kier alpha value is -3.15. The van der Waals surface area contributed by atoms with E-state index in [4.69, 9.17) is 0 Å². The predicted molar refractivity (Wildman–Crippen MR) is 104 cm³/mol. The number of amides is 2. The molecule has 0 bridgehead atoms. The molecule has 3 heterocycles. The molecule has 132 valence electrons.